The zero-order valence-corrected chi connectivity index (χ0v) is 21.5. The minimum atomic E-state index is -0.576. The molecule has 0 bridgehead atoms. The smallest absolute Gasteiger partial charge is 0.407 e. The fraction of sp³-hybridized carbons (Fsp3) is 0.478. The van der Waals surface area contributed by atoms with Gasteiger partial charge in [-0.3, -0.25) is 14.6 Å². The zero-order valence-electron chi connectivity index (χ0n) is 20.7. The number of aryl methyl sites for hydroxylation is 1. The van der Waals surface area contributed by atoms with Crippen LogP contribution in [0.25, 0.3) is 11.0 Å². The molecule has 0 aliphatic heterocycles. The molecule has 184 valence electrons. The largest absolute Gasteiger partial charge is 0.444 e. The maximum Gasteiger partial charge on any atom is 0.407 e. The number of hydrogen-bond donors (Lipinski definition) is 4. The van der Waals surface area contributed by atoms with Gasteiger partial charge in [0.2, 0.25) is 0 Å². The van der Waals surface area contributed by atoms with Gasteiger partial charge in [-0.05, 0) is 53.7 Å². The number of ether oxygens (including phenoxy) is 1. The van der Waals surface area contributed by atoms with E-state index in [1.165, 1.54) is 0 Å². The molecule has 3 aromatic rings. The summed E-state index contributed by atoms with van der Waals surface area (Å²) < 4.78 is 9.60. The molecule has 0 spiro atoms. The summed E-state index contributed by atoms with van der Waals surface area (Å²) in [5, 5.41) is 11.9. The van der Waals surface area contributed by atoms with E-state index in [-0.39, 0.29) is 24.5 Å². The molecule has 0 fully saturated rings. The van der Waals surface area contributed by atoms with Gasteiger partial charge in [0.25, 0.3) is 5.91 Å². The Balaban J connectivity index is 1.74. The highest BCUT2D eigenvalue weighted by Gasteiger charge is 2.20. The molecule has 4 N–H and O–H groups in total. The first-order valence-corrected chi connectivity index (χ1v) is 11.5. The third-order valence-electron chi connectivity index (χ3n) is 4.81. The van der Waals surface area contributed by atoms with E-state index in [9.17, 15) is 9.59 Å². The van der Waals surface area contributed by atoms with Gasteiger partial charge in [0.1, 0.15) is 27.4 Å². The van der Waals surface area contributed by atoms with Gasteiger partial charge >= 0.3 is 6.09 Å². The van der Waals surface area contributed by atoms with E-state index in [0.29, 0.717) is 21.5 Å². The van der Waals surface area contributed by atoms with E-state index in [1.54, 1.807) is 27.0 Å². The number of pyridine rings is 1. The summed E-state index contributed by atoms with van der Waals surface area (Å²) in [6.07, 6.45) is 1.22. The Kier molecular flexibility index (Phi) is 7.06. The van der Waals surface area contributed by atoms with Crippen molar-refractivity contribution in [2.45, 2.75) is 52.7 Å². The summed E-state index contributed by atoms with van der Waals surface area (Å²) in [6.45, 7) is 12.1. The molecule has 2 amide bonds. The predicted octanol–water partition coefficient (Wildman–Crippen LogP) is 4.19. The number of nitrogens with zero attached hydrogens (tertiary/aromatic N) is 3. The van der Waals surface area contributed by atoms with Crippen LogP contribution >= 0.6 is 12.2 Å². The zero-order chi connectivity index (χ0) is 25.3. The summed E-state index contributed by atoms with van der Waals surface area (Å²) in [6, 6.07) is 5.61. The number of amides is 2. The van der Waals surface area contributed by atoms with E-state index >= 15 is 0 Å². The van der Waals surface area contributed by atoms with Crippen LogP contribution in [-0.2, 0) is 17.3 Å². The van der Waals surface area contributed by atoms with Crippen LogP contribution in [0.5, 0.6) is 0 Å². The number of nitrogens with one attached hydrogen (secondary N) is 4. The van der Waals surface area contributed by atoms with Gasteiger partial charge in [-0.15, -0.1) is 0 Å². The number of carbonyl (C=O) groups excluding carboxylic acids is 2. The number of rotatable bonds is 6. The summed E-state index contributed by atoms with van der Waals surface area (Å²) in [5.74, 6) is 1.09. The lowest BCUT2D eigenvalue weighted by molar-refractivity contribution is 0.0526. The second kappa shape index (κ2) is 9.49. The molecule has 3 heterocycles. The maximum atomic E-state index is 12.9. The average Bonchev–Trinajstić information content (AvgIpc) is 3.23. The molecule has 3 aromatic heterocycles. The molecule has 0 aliphatic rings. The molecule has 0 radical (unpaired) electrons. The van der Waals surface area contributed by atoms with E-state index < -0.39 is 11.7 Å². The molecule has 10 nitrogen and oxygen atoms in total. The average molecular weight is 488 g/mol. The maximum absolute atomic E-state index is 12.9. The number of H-pyrrole nitrogens is 1. The molecule has 11 heteroatoms. The Bertz CT molecular complexity index is 1260. The molecule has 0 unspecified atom stereocenters. The number of anilines is 2. The van der Waals surface area contributed by atoms with Gasteiger partial charge in [0, 0.05) is 32.4 Å². The quantitative estimate of drug-likeness (QED) is 0.306. The molecule has 34 heavy (non-hydrogen) atoms. The second-order valence-electron chi connectivity index (χ2n) is 10.0. The molecule has 0 saturated carbocycles. The number of alkyl carbamates (subject to hydrolysis) is 1. The van der Waals surface area contributed by atoms with Gasteiger partial charge in [0.15, 0.2) is 0 Å². The van der Waals surface area contributed by atoms with Crippen molar-refractivity contribution in [1.82, 2.24) is 30.0 Å². The lowest BCUT2D eigenvalue weighted by Crippen LogP contribution is -2.37. The lowest BCUT2D eigenvalue weighted by atomic mass is 10.1. The molecule has 3 rings (SSSR count). The van der Waals surface area contributed by atoms with Gasteiger partial charge in [-0.25, -0.2) is 9.78 Å². The number of hydrogen-bond acceptors (Lipinski definition) is 6. The molecule has 0 atom stereocenters. The van der Waals surface area contributed by atoms with Crippen molar-refractivity contribution < 1.29 is 14.3 Å². The molecular weight excluding hydrogens is 454 g/mol. The van der Waals surface area contributed by atoms with Gasteiger partial charge in [-0.2, -0.15) is 0 Å². The Labute approximate surface area is 204 Å². The number of carbonyl (C=O) groups is 2. The number of fused-ring (bicyclic) bond motifs is 1. The van der Waals surface area contributed by atoms with Crippen molar-refractivity contribution in [2.24, 2.45) is 7.05 Å². The van der Waals surface area contributed by atoms with Crippen molar-refractivity contribution in [3.8, 4) is 0 Å². The van der Waals surface area contributed by atoms with Gasteiger partial charge in [0.05, 0.1) is 16.6 Å². The third-order valence-corrected chi connectivity index (χ3v) is 5.02. The highest BCUT2D eigenvalue weighted by molar-refractivity contribution is 7.71. The predicted molar refractivity (Wildman–Crippen MR) is 135 cm³/mol. The van der Waals surface area contributed by atoms with E-state index in [2.05, 4.69) is 41.8 Å². The van der Waals surface area contributed by atoms with Crippen molar-refractivity contribution in [3.63, 3.8) is 0 Å². The number of aromatic nitrogens is 4. The summed E-state index contributed by atoms with van der Waals surface area (Å²) in [5.41, 5.74) is 1.05. The van der Waals surface area contributed by atoms with Crippen molar-refractivity contribution in [2.75, 3.05) is 18.4 Å². The Morgan fingerprint density at radius 2 is 1.79 bits per heavy atom. The van der Waals surface area contributed by atoms with Crippen LogP contribution in [0.4, 0.5) is 16.4 Å². The normalized spacial score (nSPS) is 12.0. The second-order valence-corrected chi connectivity index (χ2v) is 10.5. The van der Waals surface area contributed by atoms with Crippen LogP contribution in [-0.4, -0.2) is 50.0 Å². The van der Waals surface area contributed by atoms with Crippen LogP contribution in [0.3, 0.4) is 0 Å². The SMILES string of the molecule is Cn1cc(C(=O)NCCNC(=O)OC(C)(C)C)c2nc(Nc3cc(=S)[nH]n3C(C)(C)C)ccc21. The lowest BCUT2D eigenvalue weighted by Gasteiger charge is -2.23. The van der Waals surface area contributed by atoms with Crippen LogP contribution in [0, 0.1) is 4.64 Å². The summed E-state index contributed by atoms with van der Waals surface area (Å²) >= 11 is 5.31. The fourth-order valence-corrected chi connectivity index (χ4v) is 3.59. The fourth-order valence-electron chi connectivity index (χ4n) is 3.39. The number of aromatic amines is 1. The standard InChI is InChI=1S/C23H33N7O3S/c1-22(2,3)30-17(12-18(34)28-30)26-16-9-8-15-19(27-16)14(13-29(15)7)20(31)24-10-11-25-21(32)33-23(4,5)6/h8-9,12-13H,10-11H2,1-7H3,(H,24,31)(H,25,32)(H,26,27)(H,28,34). The van der Waals surface area contributed by atoms with Crippen LogP contribution in [0.15, 0.2) is 24.4 Å². The molecule has 0 aliphatic carbocycles. The van der Waals surface area contributed by atoms with E-state index in [1.807, 2.05) is 34.5 Å². The van der Waals surface area contributed by atoms with Crippen molar-refractivity contribution >= 4 is 46.9 Å². The topological polar surface area (TPSA) is 118 Å². The molecule has 0 saturated heterocycles. The van der Waals surface area contributed by atoms with Crippen molar-refractivity contribution in [3.05, 3.63) is 34.6 Å². The van der Waals surface area contributed by atoms with Crippen molar-refractivity contribution in [1.29, 1.82) is 0 Å². The van der Waals surface area contributed by atoms with E-state index in [4.69, 9.17) is 21.9 Å². The minimum absolute atomic E-state index is 0.214. The first-order chi connectivity index (χ1) is 15.7. The Hall–Kier alpha value is -3.34. The Morgan fingerprint density at radius 1 is 1.12 bits per heavy atom. The highest BCUT2D eigenvalue weighted by atomic mass is 32.1. The summed E-state index contributed by atoms with van der Waals surface area (Å²) in [4.78, 5) is 29.3. The summed E-state index contributed by atoms with van der Waals surface area (Å²) in [7, 11) is 1.86. The third kappa shape index (κ3) is 6.16. The van der Waals surface area contributed by atoms with Crippen LogP contribution in [0.1, 0.15) is 51.9 Å². The first-order valence-electron chi connectivity index (χ1n) is 11.1. The van der Waals surface area contributed by atoms with E-state index in [0.717, 1.165) is 11.3 Å². The Morgan fingerprint density at radius 3 is 2.44 bits per heavy atom. The first kappa shape index (κ1) is 25.3. The monoisotopic (exact) mass is 487 g/mol. The van der Waals surface area contributed by atoms with Gasteiger partial charge in [-0.1, -0.05) is 12.2 Å². The minimum Gasteiger partial charge on any atom is -0.444 e. The van der Waals surface area contributed by atoms with Crippen LogP contribution < -0.4 is 16.0 Å². The van der Waals surface area contributed by atoms with Crippen LogP contribution in [0.2, 0.25) is 0 Å². The highest BCUT2D eigenvalue weighted by Crippen LogP contribution is 2.25. The molecular formula is C23H33N7O3S. The van der Waals surface area contributed by atoms with Gasteiger partial charge < -0.3 is 25.3 Å². The molecule has 0 aromatic carbocycles.